The first kappa shape index (κ1) is 24.1. The highest BCUT2D eigenvalue weighted by atomic mass is 16.5. The van der Waals surface area contributed by atoms with Crippen LogP contribution < -0.4 is 9.47 Å². The van der Waals surface area contributed by atoms with Crippen LogP contribution in [-0.2, 0) is 16.1 Å². The molecule has 1 aromatic heterocycles. The third-order valence-electron chi connectivity index (χ3n) is 5.85. The molecule has 35 heavy (non-hydrogen) atoms. The topological polar surface area (TPSA) is 93.9 Å². The van der Waals surface area contributed by atoms with Gasteiger partial charge in [0.2, 0.25) is 0 Å². The van der Waals surface area contributed by atoms with Gasteiger partial charge in [-0.05, 0) is 62.2 Å². The van der Waals surface area contributed by atoms with Crippen molar-refractivity contribution in [3.05, 3.63) is 84.0 Å². The SMILES string of the molecule is COc1ccc(C(O)=C2C(=O)C(=O)N(CCCn3ccnc3)[C@@H]2c2ccc(OC(C)C)cc2)cc1. The molecule has 1 fully saturated rings. The van der Waals surface area contributed by atoms with Crippen LogP contribution in [-0.4, -0.2) is 51.0 Å². The Morgan fingerprint density at radius 3 is 2.31 bits per heavy atom. The summed E-state index contributed by atoms with van der Waals surface area (Å²) in [6, 6.07) is 13.3. The van der Waals surface area contributed by atoms with Crippen molar-refractivity contribution in [2.24, 2.45) is 0 Å². The van der Waals surface area contributed by atoms with Crippen LogP contribution >= 0.6 is 0 Å². The van der Waals surface area contributed by atoms with Gasteiger partial charge in [-0.15, -0.1) is 0 Å². The Bertz CT molecular complexity index is 1200. The lowest BCUT2D eigenvalue weighted by molar-refractivity contribution is -0.139. The van der Waals surface area contributed by atoms with E-state index in [1.807, 2.05) is 48.9 Å². The van der Waals surface area contributed by atoms with E-state index in [4.69, 9.17) is 9.47 Å². The van der Waals surface area contributed by atoms with E-state index in [0.29, 0.717) is 36.6 Å². The third kappa shape index (κ3) is 5.21. The van der Waals surface area contributed by atoms with Crippen molar-refractivity contribution in [2.75, 3.05) is 13.7 Å². The number of aliphatic hydroxyl groups is 1. The first-order chi connectivity index (χ1) is 16.9. The smallest absolute Gasteiger partial charge is 0.295 e. The van der Waals surface area contributed by atoms with Crippen LogP contribution in [0.15, 0.2) is 72.8 Å². The molecule has 8 heteroatoms. The van der Waals surface area contributed by atoms with Crippen molar-refractivity contribution >= 4 is 17.4 Å². The summed E-state index contributed by atoms with van der Waals surface area (Å²) >= 11 is 0. The molecule has 3 aromatic rings. The van der Waals surface area contributed by atoms with Crippen molar-refractivity contribution in [3.63, 3.8) is 0 Å². The highest BCUT2D eigenvalue weighted by molar-refractivity contribution is 6.46. The molecule has 0 bridgehead atoms. The second kappa shape index (κ2) is 10.5. The van der Waals surface area contributed by atoms with Crippen LogP contribution in [0.25, 0.3) is 5.76 Å². The number of hydrogen-bond donors (Lipinski definition) is 1. The zero-order valence-electron chi connectivity index (χ0n) is 20.0. The molecule has 1 N–H and O–H groups in total. The maximum atomic E-state index is 13.2. The minimum atomic E-state index is -0.715. The lowest BCUT2D eigenvalue weighted by Crippen LogP contribution is -2.31. The van der Waals surface area contributed by atoms with Gasteiger partial charge in [0, 0.05) is 31.0 Å². The van der Waals surface area contributed by atoms with Gasteiger partial charge in [0.25, 0.3) is 11.7 Å². The molecular formula is C27H29N3O5. The third-order valence-corrected chi connectivity index (χ3v) is 5.85. The van der Waals surface area contributed by atoms with Gasteiger partial charge in [-0.2, -0.15) is 0 Å². The lowest BCUT2D eigenvalue weighted by atomic mass is 9.95. The van der Waals surface area contributed by atoms with Gasteiger partial charge in [0.15, 0.2) is 0 Å². The molecule has 0 unspecified atom stereocenters. The number of likely N-dealkylation sites (tertiary alicyclic amines) is 1. The fraction of sp³-hybridized carbons (Fsp3) is 0.296. The summed E-state index contributed by atoms with van der Waals surface area (Å²) in [5, 5.41) is 11.2. The number of benzene rings is 2. The molecular weight excluding hydrogens is 446 g/mol. The highest BCUT2D eigenvalue weighted by Gasteiger charge is 2.45. The Kier molecular flexibility index (Phi) is 7.19. The van der Waals surface area contributed by atoms with Crippen LogP contribution in [0, 0.1) is 0 Å². The van der Waals surface area contributed by atoms with E-state index in [-0.39, 0.29) is 17.4 Å². The molecule has 8 nitrogen and oxygen atoms in total. The highest BCUT2D eigenvalue weighted by Crippen LogP contribution is 2.40. The van der Waals surface area contributed by atoms with Crippen LogP contribution in [0.2, 0.25) is 0 Å². The maximum absolute atomic E-state index is 13.2. The quantitative estimate of drug-likeness (QED) is 0.283. The van der Waals surface area contributed by atoms with E-state index >= 15 is 0 Å². The van der Waals surface area contributed by atoms with Crippen molar-refractivity contribution in [1.82, 2.24) is 14.5 Å². The summed E-state index contributed by atoms with van der Waals surface area (Å²) in [5.41, 5.74) is 1.23. The number of rotatable bonds is 9. The molecule has 2 aromatic carbocycles. The minimum Gasteiger partial charge on any atom is -0.507 e. The number of methoxy groups -OCH3 is 1. The molecule has 1 amide bonds. The normalized spacial score (nSPS) is 17.3. The molecule has 1 atom stereocenters. The second-order valence-corrected chi connectivity index (χ2v) is 8.61. The number of carbonyl (C=O) groups is 2. The Labute approximate surface area is 204 Å². The van der Waals surface area contributed by atoms with E-state index in [1.54, 1.807) is 43.9 Å². The zero-order chi connectivity index (χ0) is 24.9. The fourth-order valence-corrected chi connectivity index (χ4v) is 4.21. The van der Waals surface area contributed by atoms with Crippen LogP contribution in [0.3, 0.4) is 0 Å². The molecule has 182 valence electrons. The number of aliphatic hydroxyl groups excluding tert-OH is 1. The van der Waals surface area contributed by atoms with Gasteiger partial charge >= 0.3 is 0 Å². The summed E-state index contributed by atoms with van der Waals surface area (Å²) < 4.78 is 12.8. The summed E-state index contributed by atoms with van der Waals surface area (Å²) in [6.07, 6.45) is 5.90. The van der Waals surface area contributed by atoms with Gasteiger partial charge in [-0.1, -0.05) is 12.1 Å². The molecule has 0 radical (unpaired) electrons. The Morgan fingerprint density at radius 2 is 1.71 bits per heavy atom. The lowest BCUT2D eigenvalue weighted by Gasteiger charge is -2.25. The molecule has 0 saturated carbocycles. The monoisotopic (exact) mass is 475 g/mol. The average molecular weight is 476 g/mol. The van der Waals surface area contributed by atoms with Crippen molar-refractivity contribution < 1.29 is 24.2 Å². The van der Waals surface area contributed by atoms with Gasteiger partial charge < -0.3 is 24.0 Å². The van der Waals surface area contributed by atoms with Crippen LogP contribution in [0.1, 0.15) is 37.4 Å². The number of aromatic nitrogens is 2. The van der Waals surface area contributed by atoms with Crippen LogP contribution in [0.5, 0.6) is 11.5 Å². The number of amides is 1. The number of imidazole rings is 1. The molecule has 0 aliphatic carbocycles. The van der Waals surface area contributed by atoms with Crippen molar-refractivity contribution in [3.8, 4) is 11.5 Å². The molecule has 1 aliphatic heterocycles. The first-order valence-electron chi connectivity index (χ1n) is 11.5. The van der Waals surface area contributed by atoms with Gasteiger partial charge in [0.1, 0.15) is 17.3 Å². The van der Waals surface area contributed by atoms with Crippen molar-refractivity contribution in [2.45, 2.75) is 39.0 Å². The fourth-order valence-electron chi connectivity index (χ4n) is 4.21. The number of Topliss-reactive ketones (excluding diaryl/α,β-unsaturated/α-hetero) is 1. The minimum absolute atomic E-state index is 0.0183. The molecule has 0 spiro atoms. The largest absolute Gasteiger partial charge is 0.507 e. The van der Waals surface area contributed by atoms with Crippen LogP contribution in [0.4, 0.5) is 0 Å². The number of nitrogens with zero attached hydrogens (tertiary/aromatic N) is 3. The summed E-state index contributed by atoms with van der Waals surface area (Å²) in [5.74, 6) is -0.225. The average Bonchev–Trinajstić information content (AvgIpc) is 3.46. The van der Waals surface area contributed by atoms with E-state index in [2.05, 4.69) is 4.98 Å². The van der Waals surface area contributed by atoms with Gasteiger partial charge in [-0.25, -0.2) is 4.98 Å². The first-order valence-corrected chi connectivity index (χ1v) is 11.5. The number of carbonyl (C=O) groups excluding carboxylic acids is 2. The molecule has 1 aliphatic rings. The van der Waals surface area contributed by atoms with E-state index < -0.39 is 17.7 Å². The van der Waals surface area contributed by atoms with Gasteiger partial charge in [-0.3, -0.25) is 9.59 Å². The predicted molar refractivity (Wildman–Crippen MR) is 131 cm³/mol. The van der Waals surface area contributed by atoms with E-state index in [9.17, 15) is 14.7 Å². The molecule has 4 rings (SSSR count). The zero-order valence-corrected chi connectivity index (χ0v) is 20.0. The standard InChI is InChI=1S/C27H29N3O5/c1-18(2)35-22-11-5-19(6-12-22)24-23(25(31)20-7-9-21(34-3)10-8-20)26(32)27(33)30(24)15-4-14-29-16-13-28-17-29/h5-13,16-18,24,31H,4,14-15H2,1-3H3/t24-/m1/s1. The predicted octanol–water partition coefficient (Wildman–Crippen LogP) is 4.19. The number of hydrogen-bond acceptors (Lipinski definition) is 6. The summed E-state index contributed by atoms with van der Waals surface area (Å²) in [4.78, 5) is 31.8. The second-order valence-electron chi connectivity index (χ2n) is 8.61. The molecule has 1 saturated heterocycles. The van der Waals surface area contributed by atoms with Crippen molar-refractivity contribution in [1.29, 1.82) is 0 Å². The number of ether oxygens (including phenoxy) is 2. The van der Waals surface area contributed by atoms with Gasteiger partial charge in [0.05, 0.1) is 31.2 Å². The molecule has 2 heterocycles. The van der Waals surface area contributed by atoms with E-state index in [1.165, 1.54) is 4.90 Å². The van der Waals surface area contributed by atoms with E-state index in [0.717, 1.165) is 5.56 Å². The Balaban J connectivity index is 1.71. The number of aryl methyl sites for hydroxylation is 1. The Morgan fingerprint density at radius 1 is 1.03 bits per heavy atom. The summed E-state index contributed by atoms with van der Waals surface area (Å²) in [7, 11) is 1.55. The maximum Gasteiger partial charge on any atom is 0.295 e. The summed E-state index contributed by atoms with van der Waals surface area (Å²) in [6.45, 7) is 4.88. The Hall–Kier alpha value is -4.07. The number of ketones is 1.